The van der Waals surface area contributed by atoms with Crippen LogP contribution in [0.15, 0.2) is 53.1 Å². The molecule has 0 aliphatic carbocycles. The highest BCUT2D eigenvalue weighted by Gasteiger charge is 2.28. The minimum atomic E-state index is -0.114. The molecule has 2 amide bonds. The predicted molar refractivity (Wildman–Crippen MR) is 102 cm³/mol. The summed E-state index contributed by atoms with van der Waals surface area (Å²) in [6, 6.07) is 12.7. The van der Waals surface area contributed by atoms with Crippen LogP contribution in [0.25, 0.3) is 10.9 Å². The van der Waals surface area contributed by atoms with E-state index in [-0.39, 0.29) is 17.9 Å². The Morgan fingerprint density at radius 2 is 1.92 bits per heavy atom. The summed E-state index contributed by atoms with van der Waals surface area (Å²) in [6.45, 7) is 1.15. The van der Waals surface area contributed by atoms with E-state index in [1.54, 1.807) is 29.3 Å². The number of hydrogen-bond acceptors (Lipinski definition) is 3. The summed E-state index contributed by atoms with van der Waals surface area (Å²) >= 11 is 3.36. The first kappa shape index (κ1) is 16.8. The van der Waals surface area contributed by atoms with Gasteiger partial charge in [0.15, 0.2) is 0 Å². The minimum Gasteiger partial charge on any atom is -0.347 e. The van der Waals surface area contributed by atoms with Gasteiger partial charge in [-0.2, -0.15) is 5.10 Å². The molecule has 6 nitrogen and oxygen atoms in total. The van der Waals surface area contributed by atoms with Gasteiger partial charge in [-0.3, -0.25) is 14.7 Å². The Kier molecular flexibility index (Phi) is 4.46. The number of rotatable bonds is 3. The summed E-state index contributed by atoms with van der Waals surface area (Å²) in [4.78, 5) is 26.8. The predicted octanol–water partition coefficient (Wildman–Crippen LogP) is 2.97. The second-order valence-corrected chi connectivity index (χ2v) is 7.30. The highest BCUT2D eigenvalue weighted by molar-refractivity contribution is 9.10. The molecule has 1 aromatic heterocycles. The van der Waals surface area contributed by atoms with Gasteiger partial charge in [0.1, 0.15) is 0 Å². The number of likely N-dealkylation sites (tertiary alicyclic amines) is 1. The van der Waals surface area contributed by atoms with Gasteiger partial charge in [-0.05, 0) is 48.9 Å². The molecule has 0 saturated carbocycles. The molecule has 7 heteroatoms. The fourth-order valence-corrected chi connectivity index (χ4v) is 3.46. The number of fused-ring (bicyclic) bond motifs is 1. The van der Waals surface area contributed by atoms with Gasteiger partial charge in [-0.1, -0.05) is 15.9 Å². The van der Waals surface area contributed by atoms with Crippen LogP contribution in [0.1, 0.15) is 27.1 Å². The van der Waals surface area contributed by atoms with Gasteiger partial charge in [-0.25, -0.2) is 0 Å². The maximum Gasteiger partial charge on any atom is 0.253 e. The second kappa shape index (κ2) is 6.92. The third-order valence-corrected chi connectivity index (χ3v) is 5.13. The molecule has 0 bridgehead atoms. The standard InChI is InChI=1S/C19H17BrN4O2/c20-15-4-1-12(2-5-15)18(25)22-16-7-8-24(11-16)19(26)13-3-6-17-14(9-13)10-21-23-17/h1-6,9-10,16H,7-8,11H2,(H,21,23)(H,22,25)/t16-/m0/s1. The van der Waals surface area contributed by atoms with Crippen LogP contribution in [0.2, 0.25) is 0 Å². The van der Waals surface area contributed by atoms with Crippen molar-refractivity contribution < 1.29 is 9.59 Å². The molecule has 2 aromatic carbocycles. The van der Waals surface area contributed by atoms with Crippen molar-refractivity contribution in [1.82, 2.24) is 20.4 Å². The van der Waals surface area contributed by atoms with Crippen LogP contribution in [0.3, 0.4) is 0 Å². The van der Waals surface area contributed by atoms with Gasteiger partial charge < -0.3 is 10.2 Å². The third kappa shape index (κ3) is 3.35. The lowest BCUT2D eigenvalue weighted by Gasteiger charge is -2.17. The first-order valence-electron chi connectivity index (χ1n) is 8.39. The van der Waals surface area contributed by atoms with E-state index in [0.29, 0.717) is 24.2 Å². The fourth-order valence-electron chi connectivity index (χ4n) is 3.19. The number of halogens is 1. The Labute approximate surface area is 158 Å². The van der Waals surface area contributed by atoms with Crippen LogP contribution in [0, 0.1) is 0 Å². The van der Waals surface area contributed by atoms with Gasteiger partial charge in [0.2, 0.25) is 0 Å². The number of aromatic nitrogens is 2. The number of amides is 2. The Balaban J connectivity index is 1.40. The van der Waals surface area contributed by atoms with Crippen LogP contribution < -0.4 is 5.32 Å². The van der Waals surface area contributed by atoms with E-state index >= 15 is 0 Å². The van der Waals surface area contributed by atoms with Gasteiger partial charge in [0, 0.05) is 40.1 Å². The van der Waals surface area contributed by atoms with Crippen LogP contribution in [-0.4, -0.2) is 46.0 Å². The lowest BCUT2D eigenvalue weighted by atomic mass is 10.1. The van der Waals surface area contributed by atoms with Gasteiger partial charge in [0.25, 0.3) is 11.8 Å². The zero-order valence-electron chi connectivity index (χ0n) is 13.9. The van der Waals surface area contributed by atoms with Gasteiger partial charge in [0.05, 0.1) is 11.7 Å². The number of H-pyrrole nitrogens is 1. The second-order valence-electron chi connectivity index (χ2n) is 6.39. The molecule has 1 atom stereocenters. The number of carbonyl (C=O) groups is 2. The molecule has 1 aliphatic rings. The van der Waals surface area contributed by atoms with Gasteiger partial charge in [-0.15, -0.1) is 0 Å². The van der Waals surface area contributed by atoms with Crippen molar-refractivity contribution in [3.8, 4) is 0 Å². The monoisotopic (exact) mass is 412 g/mol. The van der Waals surface area contributed by atoms with E-state index in [0.717, 1.165) is 21.8 Å². The molecule has 1 saturated heterocycles. The number of hydrogen-bond donors (Lipinski definition) is 2. The maximum atomic E-state index is 12.7. The van der Waals surface area contributed by atoms with E-state index in [9.17, 15) is 9.59 Å². The van der Waals surface area contributed by atoms with Crippen molar-refractivity contribution in [1.29, 1.82) is 0 Å². The van der Waals surface area contributed by atoms with Gasteiger partial charge >= 0.3 is 0 Å². The Morgan fingerprint density at radius 1 is 1.15 bits per heavy atom. The van der Waals surface area contributed by atoms with E-state index in [4.69, 9.17) is 0 Å². The van der Waals surface area contributed by atoms with Crippen molar-refractivity contribution >= 4 is 38.6 Å². The SMILES string of the molecule is O=C(N[C@H]1CCN(C(=O)c2ccc3[nH]ncc3c2)C1)c1ccc(Br)cc1. The van der Waals surface area contributed by atoms with Crippen molar-refractivity contribution in [2.24, 2.45) is 0 Å². The molecule has 0 unspecified atom stereocenters. The summed E-state index contributed by atoms with van der Waals surface area (Å²) in [5.74, 6) is -0.134. The molecule has 0 spiro atoms. The molecule has 2 heterocycles. The average Bonchev–Trinajstić information content (AvgIpc) is 3.30. The zero-order valence-corrected chi connectivity index (χ0v) is 15.5. The number of carbonyl (C=O) groups excluding carboxylic acids is 2. The highest BCUT2D eigenvalue weighted by Crippen LogP contribution is 2.18. The van der Waals surface area contributed by atoms with Crippen LogP contribution in [0.4, 0.5) is 0 Å². The largest absolute Gasteiger partial charge is 0.347 e. The van der Waals surface area contributed by atoms with E-state index < -0.39 is 0 Å². The van der Waals surface area contributed by atoms with Crippen LogP contribution >= 0.6 is 15.9 Å². The number of nitrogens with zero attached hydrogens (tertiary/aromatic N) is 2. The summed E-state index contributed by atoms with van der Waals surface area (Å²) in [5.41, 5.74) is 2.16. The first-order chi connectivity index (χ1) is 12.6. The lowest BCUT2D eigenvalue weighted by Crippen LogP contribution is -2.38. The lowest BCUT2D eigenvalue weighted by molar-refractivity contribution is 0.0783. The smallest absolute Gasteiger partial charge is 0.253 e. The molecule has 2 N–H and O–H groups in total. The summed E-state index contributed by atoms with van der Waals surface area (Å²) in [7, 11) is 0. The maximum absolute atomic E-state index is 12.7. The fraction of sp³-hybridized carbons (Fsp3) is 0.211. The van der Waals surface area contributed by atoms with Crippen molar-refractivity contribution in [2.75, 3.05) is 13.1 Å². The number of benzene rings is 2. The molecule has 0 radical (unpaired) electrons. The molecule has 26 heavy (non-hydrogen) atoms. The molecule has 132 valence electrons. The highest BCUT2D eigenvalue weighted by atomic mass is 79.9. The Bertz CT molecular complexity index is 967. The summed E-state index contributed by atoms with van der Waals surface area (Å²) in [5, 5.41) is 10.8. The molecule has 4 rings (SSSR count). The first-order valence-corrected chi connectivity index (χ1v) is 9.18. The Morgan fingerprint density at radius 3 is 2.73 bits per heavy atom. The quantitative estimate of drug-likeness (QED) is 0.693. The van der Waals surface area contributed by atoms with E-state index in [1.807, 2.05) is 24.3 Å². The summed E-state index contributed by atoms with van der Waals surface area (Å²) < 4.78 is 0.932. The molecular formula is C19H17BrN4O2. The van der Waals surface area contributed by atoms with Crippen LogP contribution in [0.5, 0.6) is 0 Å². The molecule has 1 aliphatic heterocycles. The number of aromatic amines is 1. The summed E-state index contributed by atoms with van der Waals surface area (Å²) in [6.07, 6.45) is 2.46. The molecular weight excluding hydrogens is 396 g/mol. The van der Waals surface area contributed by atoms with Crippen molar-refractivity contribution in [3.05, 3.63) is 64.3 Å². The Hall–Kier alpha value is -2.67. The topological polar surface area (TPSA) is 78.1 Å². The van der Waals surface area contributed by atoms with E-state index in [1.165, 1.54) is 0 Å². The zero-order chi connectivity index (χ0) is 18.1. The van der Waals surface area contributed by atoms with Crippen molar-refractivity contribution in [3.63, 3.8) is 0 Å². The average molecular weight is 413 g/mol. The third-order valence-electron chi connectivity index (χ3n) is 4.60. The van der Waals surface area contributed by atoms with E-state index in [2.05, 4.69) is 31.4 Å². The molecule has 3 aromatic rings. The number of nitrogens with one attached hydrogen (secondary N) is 2. The normalized spacial score (nSPS) is 16.8. The van der Waals surface area contributed by atoms with Crippen LogP contribution in [-0.2, 0) is 0 Å². The minimum absolute atomic E-state index is 0.0199. The molecule has 1 fully saturated rings. The van der Waals surface area contributed by atoms with Crippen molar-refractivity contribution in [2.45, 2.75) is 12.5 Å².